The lowest BCUT2D eigenvalue weighted by molar-refractivity contribution is -0.0446. The van der Waals surface area contributed by atoms with Crippen molar-refractivity contribution in [3.63, 3.8) is 0 Å². The van der Waals surface area contributed by atoms with E-state index in [1.807, 2.05) is 26.2 Å². The fourth-order valence-electron chi connectivity index (χ4n) is 3.75. The summed E-state index contributed by atoms with van der Waals surface area (Å²) in [6.45, 7) is 20.7. The lowest BCUT2D eigenvalue weighted by Gasteiger charge is -2.38. The molecule has 0 heterocycles. The topological polar surface area (TPSA) is 100 Å². The van der Waals surface area contributed by atoms with Crippen LogP contribution in [0.3, 0.4) is 0 Å². The summed E-state index contributed by atoms with van der Waals surface area (Å²) in [6, 6.07) is 6.33. The van der Waals surface area contributed by atoms with Gasteiger partial charge in [0.2, 0.25) is 0 Å². The molecule has 0 bridgehead atoms. The van der Waals surface area contributed by atoms with Gasteiger partial charge in [0.15, 0.2) is 16.6 Å². The van der Waals surface area contributed by atoms with E-state index in [0.717, 1.165) is 10.3 Å². The predicted molar refractivity (Wildman–Crippen MR) is 151 cm³/mol. The molecule has 2 atom stereocenters. The number of carbonyl (C=O) groups excluding carboxylic acids is 1. The van der Waals surface area contributed by atoms with E-state index in [9.17, 15) is 26.4 Å². The lowest BCUT2D eigenvalue weighted by atomic mass is 10.1. The first-order valence-corrected chi connectivity index (χ1v) is 27.6. The monoisotopic (exact) mass is 635 g/mol. The van der Waals surface area contributed by atoms with Gasteiger partial charge in [0, 0.05) is 5.56 Å². The van der Waals surface area contributed by atoms with Gasteiger partial charge in [-0.25, -0.2) is 4.72 Å². The summed E-state index contributed by atoms with van der Waals surface area (Å²) in [4.78, 5) is 12.0. The van der Waals surface area contributed by atoms with Crippen molar-refractivity contribution in [3.05, 3.63) is 35.4 Å². The molecule has 1 amide bonds. The summed E-state index contributed by atoms with van der Waals surface area (Å²) in [6.07, 6.45) is 0.545. The average Bonchev–Trinajstić information content (AvgIpc) is 2.61. The number of aryl methyl sites for hydroxylation is 1. The van der Waals surface area contributed by atoms with Gasteiger partial charge < -0.3 is 16.5 Å². The van der Waals surface area contributed by atoms with Gasteiger partial charge in [-0.2, -0.15) is 21.6 Å². The number of amides is 1. The fourth-order valence-corrected chi connectivity index (χ4v) is 24.8. The number of benzene rings is 1. The lowest BCUT2D eigenvalue weighted by Crippen LogP contribution is -2.54. The van der Waals surface area contributed by atoms with Crippen LogP contribution in [0.4, 0.5) is 13.2 Å². The molecule has 0 saturated carbocycles. The summed E-state index contributed by atoms with van der Waals surface area (Å²) >= 11 is 0. The number of alkyl halides is 3. The Kier molecular flexibility index (Phi) is 11.4. The molecule has 0 fully saturated rings. The number of hydrogen-bond acceptors (Lipinski definition) is 7. The molecule has 0 aromatic heterocycles. The molecule has 0 aliphatic rings. The number of carbonyl (C=O) groups is 1. The zero-order valence-electron chi connectivity index (χ0n) is 23.2. The first-order chi connectivity index (χ1) is 16.3. The second-order valence-corrected chi connectivity index (χ2v) is 31.7. The van der Waals surface area contributed by atoms with Crippen molar-refractivity contribution < 1.29 is 42.8 Å². The third-order valence-corrected chi connectivity index (χ3v) is 22.3. The minimum absolute atomic E-state index is 0.199. The van der Waals surface area contributed by atoms with Crippen molar-refractivity contribution in [1.29, 1.82) is 0 Å². The summed E-state index contributed by atoms with van der Waals surface area (Å²) in [5.74, 6) is -1.35. The number of nitrogens with one attached hydrogen (secondary N) is 1. The molecular formula is C20H40F3NO7SSi5. The van der Waals surface area contributed by atoms with Crippen molar-refractivity contribution in [2.75, 3.05) is 0 Å². The third-order valence-electron chi connectivity index (χ3n) is 4.55. The molecule has 0 radical (unpaired) electrons. The van der Waals surface area contributed by atoms with E-state index in [1.54, 1.807) is 12.1 Å². The van der Waals surface area contributed by atoms with Crippen LogP contribution in [0.2, 0.25) is 71.5 Å². The van der Waals surface area contributed by atoms with Crippen LogP contribution in [-0.4, -0.2) is 62.9 Å². The Labute approximate surface area is 224 Å². The molecule has 0 saturated heterocycles. The molecule has 214 valence electrons. The van der Waals surface area contributed by atoms with E-state index in [2.05, 4.69) is 39.3 Å². The maximum Gasteiger partial charge on any atom is 0.516 e. The highest BCUT2D eigenvalue weighted by Gasteiger charge is 2.47. The number of sulfonamides is 1. The van der Waals surface area contributed by atoms with Gasteiger partial charge >= 0.3 is 41.9 Å². The first-order valence-electron chi connectivity index (χ1n) is 11.8. The molecule has 8 nitrogen and oxygen atoms in total. The molecule has 0 spiro atoms. The summed E-state index contributed by atoms with van der Waals surface area (Å²) in [5, 5.41) is 0. The van der Waals surface area contributed by atoms with Crippen molar-refractivity contribution in [1.82, 2.24) is 4.72 Å². The highest BCUT2D eigenvalue weighted by atomic mass is 32.2. The highest BCUT2D eigenvalue weighted by molar-refractivity contribution is 7.90. The highest BCUT2D eigenvalue weighted by Crippen LogP contribution is 2.26. The SMILES string of the molecule is C[SiH](O[Si](C)(C)O[Si](C)(C)C)O[Si](C)(CCc1ccc(C(=O)NS(=O)(=O)C(F)(F)F)cc1)O[Si](C)(C)C. The van der Waals surface area contributed by atoms with E-state index in [0.29, 0.717) is 12.5 Å². The van der Waals surface area contributed by atoms with Crippen LogP contribution in [0.5, 0.6) is 0 Å². The van der Waals surface area contributed by atoms with Crippen molar-refractivity contribution >= 4 is 59.0 Å². The Bertz CT molecular complexity index is 1030. The first kappa shape index (κ1) is 34.4. The van der Waals surface area contributed by atoms with E-state index in [1.165, 1.54) is 12.1 Å². The summed E-state index contributed by atoms with van der Waals surface area (Å²) in [7, 11) is -16.7. The van der Waals surface area contributed by atoms with Gasteiger partial charge in [0.05, 0.1) is 0 Å². The van der Waals surface area contributed by atoms with Crippen LogP contribution < -0.4 is 4.72 Å². The minimum atomic E-state index is -5.77. The minimum Gasteiger partial charge on any atom is -0.437 e. The molecule has 0 aliphatic heterocycles. The van der Waals surface area contributed by atoms with Crippen LogP contribution >= 0.6 is 0 Å². The average molecular weight is 636 g/mol. The normalized spacial score (nSPS) is 16.2. The molecule has 1 N–H and O–H groups in total. The molecule has 1 aromatic rings. The van der Waals surface area contributed by atoms with Crippen LogP contribution in [0.25, 0.3) is 0 Å². The molecular weight excluding hydrogens is 596 g/mol. The van der Waals surface area contributed by atoms with E-state index < -0.39 is 64.5 Å². The Hall–Kier alpha value is -0.646. The van der Waals surface area contributed by atoms with E-state index in [-0.39, 0.29) is 5.56 Å². The number of halogens is 3. The van der Waals surface area contributed by atoms with Gasteiger partial charge in [-0.1, -0.05) is 12.1 Å². The third kappa shape index (κ3) is 12.8. The molecule has 1 rings (SSSR count). The van der Waals surface area contributed by atoms with Crippen LogP contribution in [-0.2, 0) is 32.9 Å². The summed E-state index contributed by atoms with van der Waals surface area (Å²) < 4.78 is 86.7. The van der Waals surface area contributed by atoms with Crippen molar-refractivity contribution in [2.45, 2.75) is 83.4 Å². The molecule has 1 aromatic carbocycles. The second kappa shape index (κ2) is 12.3. The molecule has 17 heteroatoms. The Balaban J connectivity index is 2.94. The predicted octanol–water partition coefficient (Wildman–Crippen LogP) is 5.17. The van der Waals surface area contributed by atoms with Gasteiger partial charge in [-0.05, 0) is 95.6 Å². The fraction of sp³-hybridized carbons (Fsp3) is 0.650. The largest absolute Gasteiger partial charge is 0.516 e. The molecule has 0 aliphatic carbocycles. The van der Waals surface area contributed by atoms with Crippen LogP contribution in [0.15, 0.2) is 24.3 Å². The standard InChI is InChI=1S/C20H40F3NO7SSi5/c1-33(28-36(8,9)30-34(2,3)4)29-37(10,31-35(5,6)7)16-15-17-11-13-18(14-12-17)19(25)24-32(26,27)20(21,22)23/h11-14,33H,15-16H2,1-10H3,(H,24,25). The Morgan fingerprint density at radius 1 is 0.892 bits per heavy atom. The Morgan fingerprint density at radius 3 is 1.81 bits per heavy atom. The zero-order chi connectivity index (χ0) is 29.1. The van der Waals surface area contributed by atoms with Crippen molar-refractivity contribution in [2.24, 2.45) is 0 Å². The van der Waals surface area contributed by atoms with Crippen molar-refractivity contribution in [3.8, 4) is 0 Å². The van der Waals surface area contributed by atoms with Gasteiger partial charge in [-0.3, -0.25) is 4.79 Å². The maximum absolute atomic E-state index is 12.5. The van der Waals surface area contributed by atoms with Gasteiger partial charge in [0.1, 0.15) is 0 Å². The quantitative estimate of drug-likeness (QED) is 0.299. The summed E-state index contributed by atoms with van der Waals surface area (Å²) in [5.41, 5.74) is -4.96. The maximum atomic E-state index is 12.5. The van der Waals surface area contributed by atoms with Gasteiger partial charge in [0.25, 0.3) is 5.91 Å². The number of hydrogen-bond donors (Lipinski definition) is 1. The zero-order valence-corrected chi connectivity index (χ0v) is 29.2. The molecule has 2 unspecified atom stereocenters. The smallest absolute Gasteiger partial charge is 0.437 e. The van der Waals surface area contributed by atoms with E-state index in [4.69, 9.17) is 16.5 Å². The van der Waals surface area contributed by atoms with Gasteiger partial charge in [-0.15, -0.1) is 0 Å². The van der Waals surface area contributed by atoms with E-state index >= 15 is 0 Å². The van der Waals surface area contributed by atoms with Crippen LogP contribution in [0, 0.1) is 0 Å². The molecule has 37 heavy (non-hydrogen) atoms. The number of rotatable bonds is 13. The van der Waals surface area contributed by atoms with Crippen LogP contribution in [0.1, 0.15) is 15.9 Å². The second-order valence-electron chi connectivity index (χ2n) is 11.3. The Morgan fingerprint density at radius 2 is 1.38 bits per heavy atom.